The minimum Gasteiger partial charge on any atom is -0.508 e. The van der Waals surface area contributed by atoms with Crippen molar-refractivity contribution < 1.29 is 14.6 Å². The van der Waals surface area contributed by atoms with Gasteiger partial charge in [-0.25, -0.2) is 4.79 Å². The molecule has 4 heteroatoms. The number of nitrogens with zero attached hydrogens (tertiary/aromatic N) is 1. The third-order valence-electron chi connectivity index (χ3n) is 2.66. The van der Waals surface area contributed by atoms with Crippen LogP contribution in [0.25, 0.3) is 11.1 Å². The second-order valence-corrected chi connectivity index (χ2v) is 3.95. The quantitative estimate of drug-likeness (QED) is 0.835. The molecule has 0 aliphatic heterocycles. The number of phenols is 1. The SMILES string of the molecule is COC(=O)c1cccc(-c2cc(O)cc(C#N)c2)c1. The van der Waals surface area contributed by atoms with E-state index in [0.29, 0.717) is 16.7 Å². The maximum absolute atomic E-state index is 11.5. The molecule has 2 rings (SSSR count). The maximum atomic E-state index is 11.5. The monoisotopic (exact) mass is 253 g/mol. The fourth-order valence-corrected chi connectivity index (χ4v) is 1.79. The van der Waals surface area contributed by atoms with Crippen LogP contribution < -0.4 is 0 Å². The van der Waals surface area contributed by atoms with Crippen LogP contribution in [0.4, 0.5) is 0 Å². The Balaban J connectivity index is 2.50. The lowest BCUT2D eigenvalue weighted by molar-refractivity contribution is 0.0601. The molecule has 19 heavy (non-hydrogen) atoms. The number of phenolic OH excluding ortho intramolecular Hbond substituents is 1. The van der Waals surface area contributed by atoms with Crippen LogP contribution in [0.1, 0.15) is 15.9 Å². The van der Waals surface area contributed by atoms with Crippen LogP contribution in [0.3, 0.4) is 0 Å². The van der Waals surface area contributed by atoms with Gasteiger partial charge in [-0.3, -0.25) is 0 Å². The van der Waals surface area contributed by atoms with Crippen molar-refractivity contribution in [1.82, 2.24) is 0 Å². The fraction of sp³-hybridized carbons (Fsp3) is 0.0667. The van der Waals surface area contributed by atoms with Crippen molar-refractivity contribution in [3.05, 3.63) is 53.6 Å². The number of aromatic hydroxyl groups is 1. The molecule has 0 radical (unpaired) electrons. The highest BCUT2D eigenvalue weighted by Crippen LogP contribution is 2.26. The molecule has 2 aromatic rings. The number of carbonyl (C=O) groups is 1. The minimum atomic E-state index is -0.428. The van der Waals surface area contributed by atoms with E-state index in [0.717, 1.165) is 5.56 Å². The first-order chi connectivity index (χ1) is 9.13. The molecule has 0 bridgehead atoms. The summed E-state index contributed by atoms with van der Waals surface area (Å²) < 4.78 is 4.66. The number of rotatable bonds is 2. The Morgan fingerprint density at radius 2 is 2.00 bits per heavy atom. The molecule has 0 aromatic heterocycles. The summed E-state index contributed by atoms with van der Waals surface area (Å²) in [4.78, 5) is 11.5. The van der Waals surface area contributed by atoms with Crippen LogP contribution in [0, 0.1) is 11.3 Å². The molecule has 0 amide bonds. The third kappa shape index (κ3) is 2.72. The first-order valence-electron chi connectivity index (χ1n) is 5.57. The van der Waals surface area contributed by atoms with Crippen LogP contribution in [0.2, 0.25) is 0 Å². The summed E-state index contributed by atoms with van der Waals surface area (Å²) >= 11 is 0. The molecule has 4 nitrogen and oxygen atoms in total. The number of benzene rings is 2. The van der Waals surface area contributed by atoms with Gasteiger partial charge in [0.2, 0.25) is 0 Å². The highest BCUT2D eigenvalue weighted by atomic mass is 16.5. The van der Waals surface area contributed by atoms with Gasteiger partial charge in [0.25, 0.3) is 0 Å². The summed E-state index contributed by atoms with van der Waals surface area (Å²) in [6.45, 7) is 0. The molecule has 0 saturated carbocycles. The van der Waals surface area contributed by atoms with Crippen molar-refractivity contribution >= 4 is 5.97 Å². The lowest BCUT2D eigenvalue weighted by atomic mass is 10.0. The molecular formula is C15H11NO3. The van der Waals surface area contributed by atoms with Gasteiger partial charge >= 0.3 is 5.97 Å². The van der Waals surface area contributed by atoms with Crippen molar-refractivity contribution in [3.63, 3.8) is 0 Å². The van der Waals surface area contributed by atoms with Gasteiger partial charge in [0.05, 0.1) is 24.3 Å². The molecule has 94 valence electrons. The highest BCUT2D eigenvalue weighted by Gasteiger charge is 2.08. The summed E-state index contributed by atoms with van der Waals surface area (Å²) in [5, 5.41) is 18.4. The molecule has 0 fully saturated rings. The average Bonchev–Trinajstić information content (AvgIpc) is 2.45. The Kier molecular flexibility index (Phi) is 3.48. The van der Waals surface area contributed by atoms with Crippen molar-refractivity contribution in [2.45, 2.75) is 0 Å². The van der Waals surface area contributed by atoms with Crippen LogP contribution in [-0.2, 0) is 4.74 Å². The Labute approximate surface area is 110 Å². The van der Waals surface area contributed by atoms with Crippen LogP contribution in [0.15, 0.2) is 42.5 Å². The Morgan fingerprint density at radius 1 is 1.21 bits per heavy atom. The van der Waals surface area contributed by atoms with Crippen molar-refractivity contribution in [2.24, 2.45) is 0 Å². The maximum Gasteiger partial charge on any atom is 0.337 e. The minimum absolute atomic E-state index is 0.0116. The number of methoxy groups -OCH3 is 1. The van der Waals surface area contributed by atoms with Crippen LogP contribution >= 0.6 is 0 Å². The Morgan fingerprint density at radius 3 is 2.68 bits per heavy atom. The molecule has 0 aliphatic rings. The van der Waals surface area contributed by atoms with E-state index < -0.39 is 5.97 Å². The van der Waals surface area contributed by atoms with Gasteiger partial charge in [-0.2, -0.15) is 5.26 Å². The highest BCUT2D eigenvalue weighted by molar-refractivity contribution is 5.91. The second kappa shape index (κ2) is 5.23. The number of carbonyl (C=O) groups excluding carboxylic acids is 1. The predicted octanol–water partition coefficient (Wildman–Crippen LogP) is 2.72. The molecule has 0 aliphatic carbocycles. The summed E-state index contributed by atoms with van der Waals surface area (Å²) in [7, 11) is 1.32. The lowest BCUT2D eigenvalue weighted by Crippen LogP contribution is -2.00. The first-order valence-corrected chi connectivity index (χ1v) is 5.57. The van der Waals surface area contributed by atoms with E-state index >= 15 is 0 Å². The van der Waals surface area contributed by atoms with Crippen molar-refractivity contribution in [1.29, 1.82) is 5.26 Å². The zero-order valence-corrected chi connectivity index (χ0v) is 10.3. The zero-order valence-electron chi connectivity index (χ0n) is 10.3. The third-order valence-corrected chi connectivity index (χ3v) is 2.66. The van der Waals surface area contributed by atoms with Gasteiger partial charge in [-0.05, 0) is 41.5 Å². The Hall–Kier alpha value is -2.80. The van der Waals surface area contributed by atoms with Gasteiger partial charge < -0.3 is 9.84 Å². The van der Waals surface area contributed by atoms with E-state index in [1.165, 1.54) is 19.2 Å². The van der Waals surface area contributed by atoms with Crippen LogP contribution in [-0.4, -0.2) is 18.2 Å². The van der Waals surface area contributed by atoms with Gasteiger partial charge in [0.1, 0.15) is 5.75 Å². The molecule has 1 N–H and O–H groups in total. The normalized spacial score (nSPS) is 9.68. The Bertz CT molecular complexity index is 671. The molecule has 0 saturated heterocycles. The largest absolute Gasteiger partial charge is 0.508 e. The number of nitriles is 1. The number of ether oxygens (including phenoxy) is 1. The second-order valence-electron chi connectivity index (χ2n) is 3.95. The van der Waals surface area contributed by atoms with E-state index in [1.807, 2.05) is 6.07 Å². The summed E-state index contributed by atoms with van der Waals surface area (Å²) in [6.07, 6.45) is 0. The topological polar surface area (TPSA) is 70.3 Å². The van der Waals surface area contributed by atoms with Crippen molar-refractivity contribution in [3.8, 4) is 22.9 Å². The van der Waals surface area contributed by atoms with Crippen LogP contribution in [0.5, 0.6) is 5.75 Å². The first kappa shape index (κ1) is 12.7. The van der Waals surface area contributed by atoms with E-state index in [2.05, 4.69) is 4.74 Å². The van der Waals surface area contributed by atoms with Gasteiger partial charge in [0, 0.05) is 0 Å². The van der Waals surface area contributed by atoms with E-state index in [-0.39, 0.29) is 5.75 Å². The van der Waals surface area contributed by atoms with Crippen molar-refractivity contribution in [2.75, 3.05) is 7.11 Å². The predicted molar refractivity (Wildman–Crippen MR) is 69.6 cm³/mol. The molecular weight excluding hydrogens is 242 g/mol. The zero-order chi connectivity index (χ0) is 13.8. The summed E-state index contributed by atoms with van der Waals surface area (Å²) in [5.74, 6) is -0.417. The summed E-state index contributed by atoms with van der Waals surface area (Å²) in [6, 6.07) is 13.4. The molecule has 0 unspecified atom stereocenters. The molecule has 2 aromatic carbocycles. The van der Waals surface area contributed by atoms with E-state index in [9.17, 15) is 9.90 Å². The number of hydrogen-bond acceptors (Lipinski definition) is 4. The molecule has 0 atom stereocenters. The fourth-order valence-electron chi connectivity index (χ4n) is 1.79. The smallest absolute Gasteiger partial charge is 0.337 e. The average molecular weight is 253 g/mol. The molecule has 0 spiro atoms. The van der Waals surface area contributed by atoms with E-state index in [1.54, 1.807) is 30.3 Å². The summed E-state index contributed by atoms with van der Waals surface area (Å²) in [5.41, 5.74) is 2.18. The number of esters is 1. The van der Waals surface area contributed by atoms with Gasteiger partial charge in [-0.1, -0.05) is 12.1 Å². The molecule has 0 heterocycles. The van der Waals surface area contributed by atoms with Gasteiger partial charge in [-0.15, -0.1) is 0 Å². The standard InChI is InChI=1S/C15H11NO3/c1-19-15(18)12-4-2-3-11(7-12)13-5-10(9-16)6-14(17)8-13/h2-8,17H,1H3. The lowest BCUT2D eigenvalue weighted by Gasteiger charge is -2.05. The van der Waals surface area contributed by atoms with Gasteiger partial charge in [0.15, 0.2) is 0 Å². The number of hydrogen-bond donors (Lipinski definition) is 1. The van der Waals surface area contributed by atoms with E-state index in [4.69, 9.17) is 5.26 Å².